The maximum Gasteiger partial charge on any atom is 0.340 e. The molecule has 0 unspecified atom stereocenters. The Labute approximate surface area is 132 Å². The van der Waals surface area contributed by atoms with Crippen molar-refractivity contribution in [2.45, 2.75) is 12.8 Å². The second-order valence-corrected chi connectivity index (χ2v) is 5.63. The Hall–Kier alpha value is -2.65. The molecule has 0 fully saturated rings. The number of ether oxygens (including phenoxy) is 1. The van der Waals surface area contributed by atoms with Gasteiger partial charge in [0.05, 0.1) is 18.7 Å². The minimum absolute atomic E-state index is 0.257. The van der Waals surface area contributed by atoms with Crippen LogP contribution in [0.15, 0.2) is 36.4 Å². The van der Waals surface area contributed by atoms with Crippen LogP contribution in [-0.2, 0) is 16.0 Å². The Morgan fingerprint density at radius 3 is 2.68 bits per heavy atom. The van der Waals surface area contributed by atoms with E-state index in [9.17, 15) is 9.59 Å². The van der Waals surface area contributed by atoms with Gasteiger partial charge >= 0.3 is 5.97 Å². The van der Waals surface area contributed by atoms with E-state index in [0.29, 0.717) is 17.0 Å². The molecule has 0 aliphatic carbocycles. The highest BCUT2D eigenvalue weighted by Crippen LogP contribution is 2.30. The Morgan fingerprint density at radius 1 is 1.32 bits per heavy atom. The lowest BCUT2D eigenvalue weighted by molar-refractivity contribution is -0.115. The number of hydrogen-bond acceptors (Lipinski definition) is 5. The lowest BCUT2D eigenvalue weighted by atomic mass is 10.1. The monoisotopic (exact) mass is 314 g/mol. The third-order valence-electron chi connectivity index (χ3n) is 2.90. The zero-order chi connectivity index (χ0) is 15.9. The van der Waals surface area contributed by atoms with Crippen LogP contribution in [-0.4, -0.2) is 19.0 Å². The van der Waals surface area contributed by atoms with Crippen LogP contribution in [0.4, 0.5) is 5.00 Å². The highest BCUT2D eigenvalue weighted by atomic mass is 32.1. The van der Waals surface area contributed by atoms with E-state index in [2.05, 4.69) is 5.32 Å². The minimum Gasteiger partial charge on any atom is -0.465 e. The summed E-state index contributed by atoms with van der Waals surface area (Å²) in [4.78, 5) is 24.3. The molecule has 1 aromatic heterocycles. The first-order valence-electron chi connectivity index (χ1n) is 6.55. The molecule has 112 valence electrons. The van der Waals surface area contributed by atoms with Crippen LogP contribution in [0.2, 0.25) is 0 Å². The number of rotatable bonds is 5. The number of nitrogens with one attached hydrogen (secondary N) is 1. The predicted octanol–water partition coefficient (Wildman–Crippen LogP) is 2.98. The Morgan fingerprint density at radius 2 is 2.05 bits per heavy atom. The van der Waals surface area contributed by atoms with Gasteiger partial charge in [0.15, 0.2) is 0 Å². The molecule has 0 aliphatic rings. The highest BCUT2D eigenvalue weighted by Gasteiger charge is 2.18. The second kappa shape index (κ2) is 7.38. The molecule has 0 aliphatic heterocycles. The fourth-order valence-electron chi connectivity index (χ4n) is 1.92. The van der Waals surface area contributed by atoms with E-state index in [1.165, 1.54) is 18.4 Å². The largest absolute Gasteiger partial charge is 0.465 e. The van der Waals surface area contributed by atoms with Gasteiger partial charge in [-0.1, -0.05) is 30.3 Å². The number of carbonyl (C=O) groups is 2. The van der Waals surface area contributed by atoms with Crippen molar-refractivity contribution in [1.29, 1.82) is 5.26 Å². The van der Waals surface area contributed by atoms with Crippen LogP contribution in [0.1, 0.15) is 27.2 Å². The first kappa shape index (κ1) is 15.7. The maximum atomic E-state index is 11.8. The Balaban J connectivity index is 2.25. The quantitative estimate of drug-likeness (QED) is 0.860. The van der Waals surface area contributed by atoms with Crippen LogP contribution in [0.3, 0.4) is 0 Å². The van der Waals surface area contributed by atoms with Gasteiger partial charge in [0, 0.05) is 11.3 Å². The summed E-state index contributed by atoms with van der Waals surface area (Å²) in [5.74, 6) is -0.955. The molecule has 6 heteroatoms. The molecule has 0 saturated carbocycles. The summed E-state index contributed by atoms with van der Waals surface area (Å²) < 4.78 is 4.73. The molecule has 0 bridgehead atoms. The molecule has 2 aromatic rings. The zero-order valence-electron chi connectivity index (χ0n) is 12.0. The molecular weight excluding hydrogens is 300 g/mol. The average Bonchev–Trinajstić information content (AvgIpc) is 2.90. The van der Waals surface area contributed by atoms with Crippen molar-refractivity contribution in [3.8, 4) is 6.07 Å². The summed E-state index contributed by atoms with van der Waals surface area (Å²) in [5, 5.41) is 11.5. The number of nitrogens with zero attached hydrogens (tertiary/aromatic N) is 1. The van der Waals surface area contributed by atoms with Crippen LogP contribution in [0.25, 0.3) is 0 Å². The van der Waals surface area contributed by atoms with Gasteiger partial charge in [0.25, 0.3) is 0 Å². The van der Waals surface area contributed by atoms with Gasteiger partial charge in [0.1, 0.15) is 11.4 Å². The summed E-state index contributed by atoms with van der Waals surface area (Å²) in [6.07, 6.45) is 0.399. The number of hydrogen-bond donors (Lipinski definition) is 1. The van der Waals surface area contributed by atoms with Crippen molar-refractivity contribution in [3.05, 3.63) is 52.4 Å². The molecule has 1 heterocycles. The molecule has 5 nitrogen and oxygen atoms in total. The highest BCUT2D eigenvalue weighted by molar-refractivity contribution is 7.16. The van der Waals surface area contributed by atoms with Crippen molar-refractivity contribution in [2.24, 2.45) is 0 Å². The molecular formula is C16H14N2O3S. The average molecular weight is 314 g/mol. The number of anilines is 1. The normalized spacial score (nSPS) is 9.82. The number of thiophene rings is 1. The number of carbonyl (C=O) groups excluding carboxylic acids is 2. The summed E-state index contributed by atoms with van der Waals surface area (Å²) in [6, 6.07) is 13.3. The maximum absolute atomic E-state index is 11.8. The van der Waals surface area contributed by atoms with Crippen molar-refractivity contribution in [3.63, 3.8) is 0 Å². The third kappa shape index (κ3) is 3.93. The van der Waals surface area contributed by atoms with Crippen molar-refractivity contribution in [2.75, 3.05) is 12.4 Å². The molecule has 0 radical (unpaired) electrons. The van der Waals surface area contributed by atoms with E-state index in [4.69, 9.17) is 10.00 Å². The van der Waals surface area contributed by atoms with E-state index >= 15 is 0 Å². The number of amides is 1. The van der Waals surface area contributed by atoms with Crippen LogP contribution in [0, 0.1) is 11.3 Å². The Bertz CT molecular complexity index is 717. The summed E-state index contributed by atoms with van der Waals surface area (Å²) in [6.45, 7) is 0. The van der Waals surface area contributed by atoms with E-state index in [0.717, 1.165) is 10.4 Å². The van der Waals surface area contributed by atoms with Crippen molar-refractivity contribution < 1.29 is 14.3 Å². The van der Waals surface area contributed by atoms with Crippen molar-refractivity contribution in [1.82, 2.24) is 0 Å². The van der Waals surface area contributed by atoms with Crippen molar-refractivity contribution >= 4 is 28.2 Å². The SMILES string of the molecule is COC(=O)c1cc(Cc2ccccc2)sc1NC(=O)CC#N. The van der Waals surface area contributed by atoms with Gasteiger partial charge in [-0.15, -0.1) is 11.3 Å². The lowest BCUT2D eigenvalue weighted by Crippen LogP contribution is -2.12. The number of methoxy groups -OCH3 is 1. The van der Waals surface area contributed by atoms with Gasteiger partial charge in [-0.3, -0.25) is 4.79 Å². The summed E-state index contributed by atoms with van der Waals surface area (Å²) >= 11 is 1.31. The molecule has 22 heavy (non-hydrogen) atoms. The first-order chi connectivity index (χ1) is 10.6. The van der Waals surface area contributed by atoms with Gasteiger partial charge in [0.2, 0.25) is 5.91 Å². The van der Waals surface area contributed by atoms with E-state index in [1.54, 1.807) is 12.1 Å². The first-order valence-corrected chi connectivity index (χ1v) is 7.37. The third-order valence-corrected chi connectivity index (χ3v) is 3.95. The molecule has 0 atom stereocenters. The lowest BCUT2D eigenvalue weighted by Gasteiger charge is -2.02. The van der Waals surface area contributed by atoms with Crippen LogP contribution >= 0.6 is 11.3 Å². The fraction of sp³-hybridized carbons (Fsp3) is 0.188. The topological polar surface area (TPSA) is 79.2 Å². The summed E-state index contributed by atoms with van der Waals surface area (Å²) in [5.41, 5.74) is 1.42. The van der Waals surface area contributed by atoms with E-state index in [-0.39, 0.29) is 6.42 Å². The molecule has 0 saturated heterocycles. The molecule has 2 rings (SSSR count). The van der Waals surface area contributed by atoms with Gasteiger partial charge in [-0.05, 0) is 11.6 Å². The van der Waals surface area contributed by atoms with Crippen LogP contribution in [0.5, 0.6) is 0 Å². The minimum atomic E-state index is -0.511. The van der Waals surface area contributed by atoms with E-state index < -0.39 is 11.9 Å². The smallest absolute Gasteiger partial charge is 0.340 e. The summed E-state index contributed by atoms with van der Waals surface area (Å²) in [7, 11) is 1.29. The number of esters is 1. The van der Waals surface area contributed by atoms with Gasteiger partial charge < -0.3 is 10.1 Å². The molecule has 1 amide bonds. The molecule has 1 N–H and O–H groups in total. The number of nitriles is 1. The second-order valence-electron chi connectivity index (χ2n) is 4.49. The standard InChI is InChI=1S/C16H14N2O3S/c1-21-16(20)13-10-12(9-11-5-3-2-4-6-11)22-15(13)18-14(19)7-8-17/h2-6,10H,7,9H2,1H3,(H,18,19). The Kier molecular flexibility index (Phi) is 5.28. The molecule has 0 spiro atoms. The van der Waals surface area contributed by atoms with E-state index in [1.807, 2.05) is 30.3 Å². The predicted molar refractivity (Wildman–Crippen MR) is 83.8 cm³/mol. The van der Waals surface area contributed by atoms with Crippen LogP contribution < -0.4 is 5.32 Å². The zero-order valence-corrected chi connectivity index (χ0v) is 12.8. The van der Waals surface area contributed by atoms with Gasteiger partial charge in [-0.2, -0.15) is 5.26 Å². The number of benzene rings is 1. The fourth-order valence-corrected chi connectivity index (χ4v) is 3.02. The van der Waals surface area contributed by atoms with Gasteiger partial charge in [-0.25, -0.2) is 4.79 Å². The molecule has 1 aromatic carbocycles.